The SMILES string of the molecule is CC(C)(C)OC(=O)N1CCCCC1COCCN. The van der Waals surface area contributed by atoms with Crippen molar-refractivity contribution < 1.29 is 14.3 Å². The monoisotopic (exact) mass is 258 g/mol. The molecule has 1 aliphatic heterocycles. The molecule has 0 radical (unpaired) electrons. The molecule has 1 atom stereocenters. The number of piperidine rings is 1. The maximum atomic E-state index is 12.1. The number of hydrogen-bond donors (Lipinski definition) is 1. The molecule has 18 heavy (non-hydrogen) atoms. The van der Waals surface area contributed by atoms with E-state index in [1.807, 2.05) is 20.8 Å². The zero-order chi connectivity index (χ0) is 13.6. The van der Waals surface area contributed by atoms with E-state index in [1.165, 1.54) is 0 Å². The summed E-state index contributed by atoms with van der Waals surface area (Å²) in [5.41, 5.74) is 4.94. The van der Waals surface area contributed by atoms with Crippen molar-refractivity contribution >= 4 is 6.09 Å². The van der Waals surface area contributed by atoms with E-state index in [9.17, 15) is 4.79 Å². The first-order chi connectivity index (χ1) is 8.44. The van der Waals surface area contributed by atoms with Crippen LogP contribution < -0.4 is 5.73 Å². The van der Waals surface area contributed by atoms with Gasteiger partial charge in [0.05, 0.1) is 19.3 Å². The van der Waals surface area contributed by atoms with Crippen molar-refractivity contribution in [3.63, 3.8) is 0 Å². The zero-order valence-electron chi connectivity index (χ0n) is 11.8. The largest absolute Gasteiger partial charge is 0.444 e. The average molecular weight is 258 g/mol. The van der Waals surface area contributed by atoms with Gasteiger partial charge in [0.15, 0.2) is 0 Å². The normalized spacial score (nSPS) is 20.9. The van der Waals surface area contributed by atoms with E-state index >= 15 is 0 Å². The summed E-state index contributed by atoms with van der Waals surface area (Å²) in [7, 11) is 0. The summed E-state index contributed by atoms with van der Waals surface area (Å²) >= 11 is 0. The molecule has 1 heterocycles. The predicted molar refractivity (Wildman–Crippen MR) is 70.5 cm³/mol. The van der Waals surface area contributed by atoms with E-state index in [0.717, 1.165) is 25.8 Å². The van der Waals surface area contributed by atoms with E-state index in [-0.39, 0.29) is 12.1 Å². The molecule has 5 nitrogen and oxygen atoms in total. The first-order valence-corrected chi connectivity index (χ1v) is 6.71. The van der Waals surface area contributed by atoms with Crippen LogP contribution in [0.4, 0.5) is 4.79 Å². The molecule has 2 N–H and O–H groups in total. The number of nitrogens with two attached hydrogens (primary N) is 1. The van der Waals surface area contributed by atoms with Crippen molar-refractivity contribution in [2.45, 2.75) is 51.7 Å². The van der Waals surface area contributed by atoms with Gasteiger partial charge in [0.1, 0.15) is 5.60 Å². The lowest BCUT2D eigenvalue weighted by molar-refractivity contribution is -0.00693. The molecule has 1 aliphatic rings. The van der Waals surface area contributed by atoms with E-state index in [2.05, 4.69) is 0 Å². The molecule has 0 saturated carbocycles. The fraction of sp³-hybridized carbons (Fsp3) is 0.923. The molecule has 5 heteroatoms. The van der Waals surface area contributed by atoms with Gasteiger partial charge in [-0.15, -0.1) is 0 Å². The molecule has 0 aliphatic carbocycles. The lowest BCUT2D eigenvalue weighted by Crippen LogP contribution is -2.48. The van der Waals surface area contributed by atoms with E-state index < -0.39 is 5.60 Å². The van der Waals surface area contributed by atoms with Gasteiger partial charge in [-0.25, -0.2) is 4.79 Å². The highest BCUT2D eigenvalue weighted by Crippen LogP contribution is 2.20. The van der Waals surface area contributed by atoms with Gasteiger partial charge in [0, 0.05) is 13.1 Å². The quantitative estimate of drug-likeness (QED) is 0.780. The molecule has 0 aromatic heterocycles. The van der Waals surface area contributed by atoms with Crippen LogP contribution in [0.1, 0.15) is 40.0 Å². The third-order valence-electron chi connectivity index (χ3n) is 2.83. The Hall–Kier alpha value is -0.810. The minimum absolute atomic E-state index is 0.125. The van der Waals surface area contributed by atoms with Crippen molar-refractivity contribution in [3.05, 3.63) is 0 Å². The van der Waals surface area contributed by atoms with Crippen molar-refractivity contribution in [2.24, 2.45) is 5.73 Å². The van der Waals surface area contributed by atoms with Crippen LogP contribution in [0.2, 0.25) is 0 Å². The van der Waals surface area contributed by atoms with E-state index in [0.29, 0.717) is 19.8 Å². The molecular weight excluding hydrogens is 232 g/mol. The second-order valence-corrected chi connectivity index (χ2v) is 5.69. The number of amides is 1. The minimum atomic E-state index is -0.447. The van der Waals surface area contributed by atoms with Crippen LogP contribution in [-0.4, -0.2) is 48.9 Å². The summed E-state index contributed by atoms with van der Waals surface area (Å²) in [4.78, 5) is 13.9. The number of ether oxygens (including phenoxy) is 2. The molecule has 0 bridgehead atoms. The van der Waals surface area contributed by atoms with Gasteiger partial charge in [-0.05, 0) is 40.0 Å². The molecule has 106 valence electrons. The Kier molecular flexibility index (Phi) is 5.88. The van der Waals surface area contributed by atoms with Crippen LogP contribution in [0.15, 0.2) is 0 Å². The standard InChI is InChI=1S/C13H26N2O3/c1-13(2,3)18-12(16)15-8-5-4-6-11(15)10-17-9-7-14/h11H,4-10,14H2,1-3H3. The summed E-state index contributed by atoms with van der Waals surface area (Å²) in [6.45, 7) is 8.01. The lowest BCUT2D eigenvalue weighted by atomic mass is 10.0. The highest BCUT2D eigenvalue weighted by Gasteiger charge is 2.30. The fourth-order valence-corrected chi connectivity index (χ4v) is 2.04. The number of likely N-dealkylation sites (tertiary alicyclic amines) is 1. The first kappa shape index (κ1) is 15.2. The van der Waals surface area contributed by atoms with Gasteiger partial charge in [0.2, 0.25) is 0 Å². The topological polar surface area (TPSA) is 64.8 Å². The molecule has 1 saturated heterocycles. The Morgan fingerprint density at radius 1 is 1.39 bits per heavy atom. The molecule has 1 amide bonds. The summed E-state index contributed by atoms with van der Waals surface area (Å²) in [6.07, 6.45) is 2.91. The maximum absolute atomic E-state index is 12.1. The van der Waals surface area contributed by atoms with Crippen molar-refractivity contribution in [1.29, 1.82) is 0 Å². The molecule has 1 unspecified atom stereocenters. The molecule has 1 rings (SSSR count). The Morgan fingerprint density at radius 2 is 2.11 bits per heavy atom. The van der Waals surface area contributed by atoms with Gasteiger partial charge in [-0.3, -0.25) is 0 Å². The molecule has 0 aromatic carbocycles. The number of carbonyl (C=O) groups is 1. The molecular formula is C13H26N2O3. The van der Waals surface area contributed by atoms with Gasteiger partial charge in [-0.2, -0.15) is 0 Å². The van der Waals surface area contributed by atoms with Crippen LogP contribution in [0, 0.1) is 0 Å². The second kappa shape index (κ2) is 6.95. The molecule has 0 aromatic rings. The summed E-state index contributed by atoms with van der Waals surface area (Å²) in [5.74, 6) is 0. The summed E-state index contributed by atoms with van der Waals surface area (Å²) in [5, 5.41) is 0. The Bertz CT molecular complexity index is 263. The zero-order valence-corrected chi connectivity index (χ0v) is 11.8. The fourth-order valence-electron chi connectivity index (χ4n) is 2.04. The van der Waals surface area contributed by atoms with Crippen molar-refractivity contribution in [1.82, 2.24) is 4.90 Å². The van der Waals surface area contributed by atoms with Crippen LogP contribution >= 0.6 is 0 Å². The third-order valence-corrected chi connectivity index (χ3v) is 2.83. The van der Waals surface area contributed by atoms with Crippen LogP contribution in [0.5, 0.6) is 0 Å². The molecule has 1 fully saturated rings. The van der Waals surface area contributed by atoms with Gasteiger partial charge < -0.3 is 20.1 Å². The summed E-state index contributed by atoms with van der Waals surface area (Å²) in [6, 6.07) is 0.125. The van der Waals surface area contributed by atoms with Crippen molar-refractivity contribution in [3.8, 4) is 0 Å². The smallest absolute Gasteiger partial charge is 0.410 e. The number of hydrogen-bond acceptors (Lipinski definition) is 4. The number of carbonyl (C=O) groups excluding carboxylic acids is 1. The molecule has 0 spiro atoms. The minimum Gasteiger partial charge on any atom is -0.444 e. The second-order valence-electron chi connectivity index (χ2n) is 5.69. The maximum Gasteiger partial charge on any atom is 0.410 e. The third kappa shape index (κ3) is 5.23. The van der Waals surface area contributed by atoms with Gasteiger partial charge >= 0.3 is 6.09 Å². The Labute approximate surface area is 110 Å². The number of rotatable bonds is 4. The van der Waals surface area contributed by atoms with Crippen LogP contribution in [0.25, 0.3) is 0 Å². The Balaban J connectivity index is 2.50. The number of nitrogens with zero attached hydrogens (tertiary/aromatic N) is 1. The van der Waals surface area contributed by atoms with Gasteiger partial charge in [0.25, 0.3) is 0 Å². The van der Waals surface area contributed by atoms with E-state index in [1.54, 1.807) is 4.90 Å². The Morgan fingerprint density at radius 3 is 2.72 bits per heavy atom. The van der Waals surface area contributed by atoms with Crippen molar-refractivity contribution in [2.75, 3.05) is 26.3 Å². The highest BCUT2D eigenvalue weighted by atomic mass is 16.6. The van der Waals surface area contributed by atoms with Crippen LogP contribution in [-0.2, 0) is 9.47 Å². The first-order valence-electron chi connectivity index (χ1n) is 6.71. The average Bonchev–Trinajstić information content (AvgIpc) is 2.27. The van der Waals surface area contributed by atoms with Gasteiger partial charge in [-0.1, -0.05) is 0 Å². The van der Waals surface area contributed by atoms with E-state index in [4.69, 9.17) is 15.2 Å². The predicted octanol–water partition coefficient (Wildman–Crippen LogP) is 1.75. The highest BCUT2D eigenvalue weighted by molar-refractivity contribution is 5.68. The summed E-state index contributed by atoms with van der Waals surface area (Å²) < 4.78 is 10.9. The van der Waals surface area contributed by atoms with Crippen LogP contribution in [0.3, 0.4) is 0 Å². The lowest BCUT2D eigenvalue weighted by Gasteiger charge is -2.36.